The van der Waals surface area contributed by atoms with Gasteiger partial charge in [0.15, 0.2) is 0 Å². The second kappa shape index (κ2) is 7.05. The predicted octanol–water partition coefficient (Wildman–Crippen LogP) is 3.01. The lowest BCUT2D eigenvalue weighted by molar-refractivity contribution is -0.135. The number of hydrogen-bond donors (Lipinski definition) is 1. The fourth-order valence-electron chi connectivity index (χ4n) is 2.57. The zero-order valence-electron chi connectivity index (χ0n) is 14.0. The molecule has 0 fully saturated rings. The lowest BCUT2D eigenvalue weighted by Crippen LogP contribution is -2.18. The fraction of sp³-hybridized carbons (Fsp3) is 0.235. The maximum atomic E-state index is 12.8. The summed E-state index contributed by atoms with van der Waals surface area (Å²) < 4.78 is 43.4. The number of carbonyl (C=O) groups is 1. The van der Waals surface area contributed by atoms with Gasteiger partial charge in [-0.05, 0) is 30.2 Å². The first-order valence-electron chi connectivity index (χ1n) is 7.62. The van der Waals surface area contributed by atoms with E-state index in [1.165, 1.54) is 44.6 Å². The summed E-state index contributed by atoms with van der Waals surface area (Å²) in [5.41, 5.74) is 0.853. The lowest BCUT2D eigenvalue weighted by atomic mass is 10.1. The molecule has 2 aromatic rings. The van der Waals surface area contributed by atoms with Crippen LogP contribution in [0.1, 0.15) is 12.0 Å². The molecular weight excluding hydrogens is 382 g/mol. The van der Waals surface area contributed by atoms with Crippen molar-refractivity contribution >= 4 is 33.3 Å². The molecule has 0 radical (unpaired) electrons. The molecule has 2 aromatic carbocycles. The molecule has 0 spiro atoms. The highest BCUT2D eigenvalue weighted by atomic mass is 35.5. The van der Waals surface area contributed by atoms with Gasteiger partial charge in [0.1, 0.15) is 17.2 Å². The third-order valence-corrected chi connectivity index (χ3v) is 5.54. The zero-order chi connectivity index (χ0) is 18.9. The molecule has 26 heavy (non-hydrogen) atoms. The van der Waals surface area contributed by atoms with Gasteiger partial charge in [-0.3, -0.25) is 9.52 Å². The van der Waals surface area contributed by atoms with Crippen LogP contribution in [0.2, 0.25) is 5.02 Å². The van der Waals surface area contributed by atoms with E-state index in [-0.39, 0.29) is 28.7 Å². The van der Waals surface area contributed by atoms with E-state index >= 15 is 0 Å². The third kappa shape index (κ3) is 3.56. The number of halogens is 1. The van der Waals surface area contributed by atoms with Crippen LogP contribution < -0.4 is 18.9 Å². The van der Waals surface area contributed by atoms with Gasteiger partial charge < -0.3 is 14.2 Å². The number of ether oxygens (including phenoxy) is 3. The number of hydrogen-bond acceptors (Lipinski definition) is 6. The summed E-state index contributed by atoms with van der Waals surface area (Å²) >= 11 is 6.04. The number of sulfonamides is 1. The Morgan fingerprint density at radius 1 is 1.08 bits per heavy atom. The van der Waals surface area contributed by atoms with Crippen molar-refractivity contribution in [3.8, 4) is 17.2 Å². The Hall–Kier alpha value is -2.45. The van der Waals surface area contributed by atoms with Crippen molar-refractivity contribution in [1.82, 2.24) is 0 Å². The van der Waals surface area contributed by atoms with Crippen molar-refractivity contribution < 1.29 is 27.4 Å². The summed E-state index contributed by atoms with van der Waals surface area (Å²) in [6, 6.07) is 7.24. The van der Waals surface area contributed by atoms with Crippen molar-refractivity contribution in [1.29, 1.82) is 0 Å². The minimum absolute atomic E-state index is 0.0465. The van der Waals surface area contributed by atoms with Crippen LogP contribution in [0.5, 0.6) is 17.2 Å². The molecule has 1 N–H and O–H groups in total. The summed E-state index contributed by atoms with van der Waals surface area (Å²) in [5.74, 6) is 0.615. The van der Waals surface area contributed by atoms with Crippen LogP contribution in [-0.4, -0.2) is 28.6 Å². The Kier molecular flexibility index (Phi) is 4.97. The largest absolute Gasteiger partial charge is 0.495 e. The third-order valence-electron chi connectivity index (χ3n) is 3.88. The zero-order valence-corrected chi connectivity index (χ0v) is 15.6. The number of nitrogens with one attached hydrogen (secondary N) is 1. The molecule has 0 atom stereocenters. The van der Waals surface area contributed by atoms with E-state index in [0.29, 0.717) is 28.5 Å². The first-order chi connectivity index (χ1) is 12.3. The molecule has 0 saturated heterocycles. The van der Waals surface area contributed by atoms with E-state index in [1.54, 1.807) is 0 Å². The van der Waals surface area contributed by atoms with E-state index in [9.17, 15) is 13.2 Å². The predicted molar refractivity (Wildman–Crippen MR) is 95.8 cm³/mol. The van der Waals surface area contributed by atoms with E-state index in [1.807, 2.05) is 0 Å². The normalized spacial score (nSPS) is 13.6. The Bertz CT molecular complexity index is 973. The Labute approximate surface area is 155 Å². The molecule has 1 heterocycles. The minimum atomic E-state index is -3.90. The summed E-state index contributed by atoms with van der Waals surface area (Å²) in [6.07, 6.45) is 0.641. The van der Waals surface area contributed by atoms with E-state index < -0.39 is 10.0 Å². The summed E-state index contributed by atoms with van der Waals surface area (Å²) in [7, 11) is -1.07. The number of fused-ring (bicyclic) bond motifs is 1. The smallest absolute Gasteiger partial charge is 0.311 e. The molecule has 0 amide bonds. The molecule has 3 rings (SSSR count). The maximum Gasteiger partial charge on any atom is 0.311 e. The summed E-state index contributed by atoms with van der Waals surface area (Å²) in [6.45, 7) is 0. The van der Waals surface area contributed by atoms with Crippen molar-refractivity contribution in [2.45, 2.75) is 17.7 Å². The van der Waals surface area contributed by atoms with Crippen LogP contribution in [0.3, 0.4) is 0 Å². The highest BCUT2D eigenvalue weighted by molar-refractivity contribution is 7.92. The van der Waals surface area contributed by atoms with Crippen molar-refractivity contribution in [2.75, 3.05) is 18.9 Å². The summed E-state index contributed by atoms with van der Waals surface area (Å²) in [5, 5.41) is 0.294. The topological polar surface area (TPSA) is 90.9 Å². The molecule has 9 heteroatoms. The van der Waals surface area contributed by atoms with Gasteiger partial charge in [0.05, 0.1) is 36.2 Å². The number of aryl methyl sites for hydroxylation is 1. The quantitative estimate of drug-likeness (QED) is 0.616. The molecule has 138 valence electrons. The number of esters is 1. The van der Waals surface area contributed by atoms with E-state index in [2.05, 4.69) is 4.72 Å². The highest BCUT2D eigenvalue weighted by Crippen LogP contribution is 2.37. The molecule has 0 aliphatic carbocycles. The van der Waals surface area contributed by atoms with Crippen LogP contribution in [0.4, 0.5) is 5.69 Å². The second-order valence-electron chi connectivity index (χ2n) is 5.54. The van der Waals surface area contributed by atoms with Crippen molar-refractivity contribution in [2.24, 2.45) is 0 Å². The number of methoxy groups -OCH3 is 2. The number of rotatable bonds is 5. The van der Waals surface area contributed by atoms with Gasteiger partial charge in [0, 0.05) is 12.1 Å². The lowest BCUT2D eigenvalue weighted by Gasteiger charge is -2.17. The average molecular weight is 398 g/mol. The van der Waals surface area contributed by atoms with Gasteiger partial charge in [-0.2, -0.15) is 0 Å². The molecule has 0 saturated carbocycles. The standard InChI is InChI=1S/C17H16ClNO6S/c1-23-15-9-13(16(24-2)8-12(15)18)19-26(21,22)11-4-5-14-10(7-11)3-6-17(20)25-14/h4-5,7-9,19H,3,6H2,1-2H3. The highest BCUT2D eigenvalue weighted by Gasteiger charge is 2.23. The SMILES string of the molecule is COc1cc(NS(=O)(=O)c2ccc3c(c2)CCC(=O)O3)c(OC)cc1Cl. The van der Waals surface area contributed by atoms with Crippen LogP contribution in [0, 0.1) is 0 Å². The van der Waals surface area contributed by atoms with E-state index in [0.717, 1.165) is 0 Å². The van der Waals surface area contributed by atoms with Gasteiger partial charge in [-0.25, -0.2) is 8.42 Å². The van der Waals surface area contributed by atoms with Gasteiger partial charge in [0.2, 0.25) is 0 Å². The molecule has 0 bridgehead atoms. The van der Waals surface area contributed by atoms with E-state index in [4.69, 9.17) is 25.8 Å². The van der Waals surface area contributed by atoms with Gasteiger partial charge >= 0.3 is 5.97 Å². The molecule has 0 unspecified atom stereocenters. The van der Waals surface area contributed by atoms with Crippen molar-refractivity contribution in [3.05, 3.63) is 40.9 Å². The second-order valence-corrected chi connectivity index (χ2v) is 7.63. The molecule has 0 aromatic heterocycles. The fourth-order valence-corrected chi connectivity index (χ4v) is 3.91. The van der Waals surface area contributed by atoms with Gasteiger partial charge in [-0.15, -0.1) is 0 Å². The van der Waals surface area contributed by atoms with Crippen molar-refractivity contribution in [3.63, 3.8) is 0 Å². The summed E-state index contributed by atoms with van der Waals surface area (Å²) in [4.78, 5) is 11.4. The van der Waals surface area contributed by atoms with Gasteiger partial charge in [-0.1, -0.05) is 11.6 Å². The maximum absolute atomic E-state index is 12.8. The molecule has 1 aliphatic rings. The van der Waals surface area contributed by atoms with Crippen LogP contribution >= 0.6 is 11.6 Å². The molecule has 7 nitrogen and oxygen atoms in total. The monoisotopic (exact) mass is 397 g/mol. The Balaban J connectivity index is 1.96. The number of anilines is 1. The molecular formula is C17H16ClNO6S. The van der Waals surface area contributed by atoms with Gasteiger partial charge in [0.25, 0.3) is 10.0 Å². The molecule has 1 aliphatic heterocycles. The van der Waals surface area contributed by atoms with Crippen LogP contribution in [0.15, 0.2) is 35.2 Å². The Morgan fingerprint density at radius 2 is 1.81 bits per heavy atom. The van der Waals surface area contributed by atoms with Crippen LogP contribution in [-0.2, 0) is 21.2 Å². The first kappa shape index (κ1) is 18.3. The first-order valence-corrected chi connectivity index (χ1v) is 9.48. The number of carbonyl (C=O) groups excluding carboxylic acids is 1. The number of benzene rings is 2. The minimum Gasteiger partial charge on any atom is -0.495 e. The average Bonchev–Trinajstić information content (AvgIpc) is 2.62. The Morgan fingerprint density at radius 3 is 2.50 bits per heavy atom. The van der Waals surface area contributed by atoms with Crippen LogP contribution in [0.25, 0.3) is 0 Å².